The third kappa shape index (κ3) is 3.28. The molecule has 0 aromatic heterocycles. The van der Waals surface area contributed by atoms with Gasteiger partial charge in [-0.15, -0.1) is 0 Å². The molecular weight excluding hydrogens is 322 g/mol. The van der Waals surface area contributed by atoms with Gasteiger partial charge >= 0.3 is 5.97 Å². The van der Waals surface area contributed by atoms with Crippen LogP contribution in [0, 0.1) is 11.3 Å². The minimum Gasteiger partial charge on any atom is -0.488 e. The highest BCUT2D eigenvalue weighted by atomic mass is 79.9. The number of rotatable bonds is 3. The summed E-state index contributed by atoms with van der Waals surface area (Å²) in [6.07, 6.45) is 3.39. The van der Waals surface area contributed by atoms with Gasteiger partial charge in [0.05, 0.1) is 6.61 Å². The van der Waals surface area contributed by atoms with Crippen LogP contribution in [-0.2, 0) is 9.53 Å². The molecule has 2 rings (SSSR count). The maximum absolute atomic E-state index is 11.6. The van der Waals surface area contributed by atoms with Crippen LogP contribution in [0.15, 0.2) is 39.9 Å². The largest absolute Gasteiger partial charge is 0.488 e. The van der Waals surface area contributed by atoms with E-state index < -0.39 is 5.97 Å². The molecule has 1 aliphatic heterocycles. The molecule has 0 unspecified atom stereocenters. The molecule has 0 N–H and O–H groups in total. The maximum atomic E-state index is 11.6. The Balaban J connectivity index is 2.30. The van der Waals surface area contributed by atoms with Gasteiger partial charge in [-0.25, -0.2) is 4.79 Å². The SMILES string of the molecule is CCOC(=O)/C(C#N)=C/C1=Cc2cc(Br)ccc2OC1. The summed E-state index contributed by atoms with van der Waals surface area (Å²) in [5.41, 5.74) is 1.62. The maximum Gasteiger partial charge on any atom is 0.348 e. The van der Waals surface area contributed by atoms with Gasteiger partial charge in [-0.05, 0) is 42.8 Å². The molecular formula is C15H12BrNO3. The minimum absolute atomic E-state index is 0.0276. The van der Waals surface area contributed by atoms with Gasteiger partial charge in [0, 0.05) is 10.0 Å². The first-order valence-electron chi connectivity index (χ1n) is 6.06. The van der Waals surface area contributed by atoms with E-state index in [-0.39, 0.29) is 12.2 Å². The fourth-order valence-corrected chi connectivity index (χ4v) is 2.16. The number of hydrogen-bond acceptors (Lipinski definition) is 4. The molecule has 0 atom stereocenters. The van der Waals surface area contributed by atoms with Crippen molar-refractivity contribution in [3.63, 3.8) is 0 Å². The lowest BCUT2D eigenvalue weighted by atomic mass is 10.1. The van der Waals surface area contributed by atoms with Crippen molar-refractivity contribution in [1.29, 1.82) is 5.26 Å². The van der Waals surface area contributed by atoms with Crippen molar-refractivity contribution in [3.8, 4) is 11.8 Å². The van der Waals surface area contributed by atoms with Crippen molar-refractivity contribution in [2.24, 2.45) is 0 Å². The summed E-state index contributed by atoms with van der Waals surface area (Å²) in [4.78, 5) is 11.6. The predicted octanol–water partition coefficient (Wildman–Crippen LogP) is 3.24. The first kappa shape index (κ1) is 14.4. The topological polar surface area (TPSA) is 59.3 Å². The van der Waals surface area contributed by atoms with E-state index in [2.05, 4.69) is 15.9 Å². The summed E-state index contributed by atoms with van der Waals surface area (Å²) in [7, 11) is 0. The van der Waals surface area contributed by atoms with Crippen LogP contribution in [0.5, 0.6) is 5.75 Å². The van der Waals surface area contributed by atoms with E-state index in [0.717, 1.165) is 21.4 Å². The van der Waals surface area contributed by atoms with Gasteiger partial charge in [0.25, 0.3) is 0 Å². The summed E-state index contributed by atoms with van der Waals surface area (Å²) in [5.74, 6) is 0.163. The fourth-order valence-electron chi connectivity index (χ4n) is 1.78. The molecule has 20 heavy (non-hydrogen) atoms. The molecule has 1 aliphatic rings. The van der Waals surface area contributed by atoms with Crippen LogP contribution >= 0.6 is 15.9 Å². The van der Waals surface area contributed by atoms with E-state index in [1.165, 1.54) is 6.08 Å². The quantitative estimate of drug-likeness (QED) is 0.484. The zero-order valence-corrected chi connectivity index (χ0v) is 12.4. The van der Waals surface area contributed by atoms with Crippen molar-refractivity contribution < 1.29 is 14.3 Å². The molecule has 5 heteroatoms. The molecule has 0 radical (unpaired) electrons. The number of nitrogens with zero attached hydrogens (tertiary/aromatic N) is 1. The number of fused-ring (bicyclic) bond motifs is 1. The second-order valence-corrected chi connectivity index (χ2v) is 5.00. The second kappa shape index (κ2) is 6.40. The Bertz CT molecular complexity index is 641. The number of carbonyl (C=O) groups is 1. The van der Waals surface area contributed by atoms with Crippen LogP contribution in [0.1, 0.15) is 12.5 Å². The number of halogens is 1. The van der Waals surface area contributed by atoms with Crippen LogP contribution in [-0.4, -0.2) is 19.2 Å². The number of nitriles is 1. The molecule has 0 saturated carbocycles. The van der Waals surface area contributed by atoms with Crippen LogP contribution < -0.4 is 4.74 Å². The van der Waals surface area contributed by atoms with E-state index in [1.807, 2.05) is 30.3 Å². The minimum atomic E-state index is -0.615. The van der Waals surface area contributed by atoms with Crippen molar-refractivity contribution in [1.82, 2.24) is 0 Å². The van der Waals surface area contributed by atoms with Crippen LogP contribution in [0.4, 0.5) is 0 Å². The number of carbonyl (C=O) groups excluding carboxylic acids is 1. The van der Waals surface area contributed by atoms with Gasteiger partial charge in [-0.1, -0.05) is 15.9 Å². The summed E-state index contributed by atoms with van der Waals surface area (Å²) in [6, 6.07) is 7.53. The third-order valence-corrected chi connectivity index (χ3v) is 3.15. The lowest BCUT2D eigenvalue weighted by Crippen LogP contribution is -2.10. The first-order valence-corrected chi connectivity index (χ1v) is 6.85. The monoisotopic (exact) mass is 333 g/mol. The molecule has 0 amide bonds. The van der Waals surface area contributed by atoms with E-state index in [0.29, 0.717) is 6.61 Å². The van der Waals surface area contributed by atoms with Gasteiger partial charge in [-0.2, -0.15) is 5.26 Å². The van der Waals surface area contributed by atoms with Crippen molar-refractivity contribution >= 4 is 28.0 Å². The van der Waals surface area contributed by atoms with Crippen molar-refractivity contribution in [3.05, 3.63) is 45.5 Å². The van der Waals surface area contributed by atoms with E-state index in [4.69, 9.17) is 14.7 Å². The summed E-state index contributed by atoms with van der Waals surface area (Å²) in [5, 5.41) is 9.00. The van der Waals surface area contributed by atoms with Gasteiger partial charge in [0.1, 0.15) is 24.0 Å². The van der Waals surface area contributed by atoms with Crippen molar-refractivity contribution in [2.75, 3.05) is 13.2 Å². The summed E-state index contributed by atoms with van der Waals surface area (Å²) in [6.45, 7) is 2.26. The fraction of sp³-hybridized carbons (Fsp3) is 0.200. The first-order chi connectivity index (χ1) is 9.63. The van der Waals surface area contributed by atoms with E-state index in [9.17, 15) is 4.79 Å². The van der Waals surface area contributed by atoms with Crippen LogP contribution in [0.25, 0.3) is 6.08 Å². The van der Waals surface area contributed by atoms with Crippen LogP contribution in [0.3, 0.4) is 0 Å². The van der Waals surface area contributed by atoms with Gasteiger partial charge in [0.15, 0.2) is 0 Å². The normalized spacial score (nSPS) is 13.7. The zero-order chi connectivity index (χ0) is 14.5. The summed E-state index contributed by atoms with van der Waals surface area (Å²) < 4.78 is 11.3. The zero-order valence-electron chi connectivity index (χ0n) is 10.9. The molecule has 0 bridgehead atoms. The smallest absolute Gasteiger partial charge is 0.348 e. The molecule has 4 nitrogen and oxygen atoms in total. The third-order valence-electron chi connectivity index (χ3n) is 2.65. The average molecular weight is 334 g/mol. The molecule has 1 aromatic rings. The Morgan fingerprint density at radius 3 is 3.10 bits per heavy atom. The van der Waals surface area contributed by atoms with Crippen LogP contribution in [0.2, 0.25) is 0 Å². The average Bonchev–Trinajstić information content (AvgIpc) is 2.44. The molecule has 102 valence electrons. The van der Waals surface area contributed by atoms with E-state index >= 15 is 0 Å². The molecule has 0 saturated heterocycles. The number of ether oxygens (including phenoxy) is 2. The van der Waals surface area contributed by atoms with Gasteiger partial charge in [-0.3, -0.25) is 0 Å². The van der Waals surface area contributed by atoms with Crippen molar-refractivity contribution in [2.45, 2.75) is 6.92 Å². The lowest BCUT2D eigenvalue weighted by molar-refractivity contribution is -0.138. The summed E-state index contributed by atoms with van der Waals surface area (Å²) >= 11 is 3.39. The Labute approximate surface area is 125 Å². The number of hydrogen-bond donors (Lipinski definition) is 0. The highest BCUT2D eigenvalue weighted by Crippen LogP contribution is 2.29. The molecule has 1 aromatic carbocycles. The predicted molar refractivity (Wildman–Crippen MR) is 77.9 cm³/mol. The Morgan fingerprint density at radius 1 is 1.60 bits per heavy atom. The molecule has 0 fully saturated rings. The molecule has 0 aliphatic carbocycles. The number of esters is 1. The highest BCUT2D eigenvalue weighted by Gasteiger charge is 2.14. The Hall–Kier alpha value is -2.06. The van der Waals surface area contributed by atoms with Gasteiger partial charge in [0.2, 0.25) is 0 Å². The highest BCUT2D eigenvalue weighted by molar-refractivity contribution is 9.10. The second-order valence-electron chi connectivity index (χ2n) is 4.08. The van der Waals surface area contributed by atoms with Gasteiger partial charge < -0.3 is 9.47 Å². The Morgan fingerprint density at radius 2 is 2.40 bits per heavy atom. The van der Waals surface area contributed by atoms with E-state index in [1.54, 1.807) is 6.92 Å². The number of benzene rings is 1. The molecule has 1 heterocycles. The standard InChI is InChI=1S/C15H12BrNO3/c1-2-19-15(18)12(8-17)6-10-5-11-7-13(16)3-4-14(11)20-9-10/h3-7H,2,9H2,1H3/b12-6+. The lowest BCUT2D eigenvalue weighted by Gasteiger charge is -2.16. The molecule has 0 spiro atoms. The Kier molecular flexibility index (Phi) is 4.59.